The molecule has 21 heteroatoms. The molecule has 12 rings (SSSR count). The molecule has 0 aromatic heterocycles. The Bertz CT molecular complexity index is 4110. The molecule has 0 aliphatic carbocycles. The lowest BCUT2D eigenvalue weighted by Gasteiger charge is -2.50. The first-order valence-corrected chi connectivity index (χ1v) is 33.9. The normalized spacial score (nSPS) is 24.6. The molecule has 0 radical (unpaired) electrons. The highest BCUT2D eigenvalue weighted by Crippen LogP contribution is 2.39. The Balaban J connectivity index is 0.965. The predicted octanol–water partition coefficient (Wildman–Crippen LogP) is 11.0. The molecule has 0 spiro atoms. The Morgan fingerprint density at radius 1 is 0.311 bits per heavy atom. The maximum atomic E-state index is 15.0. The van der Waals surface area contributed by atoms with Gasteiger partial charge in [0.25, 0.3) is 0 Å². The van der Waals surface area contributed by atoms with Crippen molar-refractivity contribution < 1.29 is 101 Å². The largest absolute Gasteiger partial charge is 0.452 e. The van der Waals surface area contributed by atoms with Crippen molar-refractivity contribution in [1.29, 1.82) is 0 Å². The number of hydrogen-bond donors (Lipinski definition) is 2. The summed E-state index contributed by atoms with van der Waals surface area (Å²) in [4.78, 5) is 72.8. The monoisotopic (exact) mass is 1400 g/mol. The van der Waals surface area contributed by atoms with Crippen molar-refractivity contribution >= 4 is 29.8 Å². The van der Waals surface area contributed by atoms with E-state index in [2.05, 4.69) is 0 Å². The van der Waals surface area contributed by atoms with Crippen LogP contribution >= 0.6 is 0 Å². The van der Waals surface area contributed by atoms with E-state index in [-0.39, 0.29) is 60.9 Å². The van der Waals surface area contributed by atoms with E-state index < -0.39 is 135 Å². The van der Waals surface area contributed by atoms with Crippen LogP contribution in [0.1, 0.15) is 79.6 Å². The second-order valence-corrected chi connectivity index (χ2v) is 24.7. The fourth-order valence-electron chi connectivity index (χ4n) is 12.2. The molecule has 532 valence electrons. The third-order valence-corrected chi connectivity index (χ3v) is 17.5. The van der Waals surface area contributed by atoms with Gasteiger partial charge in [0.15, 0.2) is 49.4 Å². The van der Waals surface area contributed by atoms with Crippen LogP contribution in [0.5, 0.6) is 0 Å². The molecule has 0 bridgehead atoms. The quantitative estimate of drug-likeness (QED) is 0.0326. The second kappa shape index (κ2) is 36.2. The molecule has 0 unspecified atom stereocenters. The van der Waals surface area contributed by atoms with Crippen molar-refractivity contribution in [2.45, 2.75) is 125 Å². The van der Waals surface area contributed by atoms with Crippen LogP contribution in [-0.4, -0.2) is 152 Å². The number of aryl methyl sites for hydroxylation is 1. The number of aliphatic hydroxyl groups is 2. The number of aliphatic hydroxyl groups excluding tert-OH is 2. The summed E-state index contributed by atoms with van der Waals surface area (Å²) in [5.74, 6) is -4.59. The van der Waals surface area contributed by atoms with Gasteiger partial charge in [-0.25, -0.2) is 24.0 Å². The summed E-state index contributed by atoms with van der Waals surface area (Å²) in [6.45, 7) is 0.135. The number of hydrogen-bond acceptors (Lipinski definition) is 21. The van der Waals surface area contributed by atoms with Crippen LogP contribution in [0.2, 0.25) is 0 Å². The molecular formula is C82H78O21. The molecule has 9 aromatic carbocycles. The van der Waals surface area contributed by atoms with Gasteiger partial charge in [0.05, 0.1) is 74.1 Å². The lowest BCUT2D eigenvalue weighted by molar-refractivity contribution is -0.371. The lowest BCUT2D eigenvalue weighted by Crippen LogP contribution is -2.67. The lowest BCUT2D eigenvalue weighted by atomic mass is 9.95. The topological polar surface area (TPSA) is 255 Å². The van der Waals surface area contributed by atoms with Crippen molar-refractivity contribution in [3.8, 4) is 0 Å². The minimum atomic E-state index is -2.12. The molecule has 21 nitrogen and oxygen atoms in total. The van der Waals surface area contributed by atoms with Crippen LogP contribution in [0, 0.1) is 6.92 Å². The summed E-state index contributed by atoms with van der Waals surface area (Å²) in [5.41, 5.74) is 4.35. The molecule has 2 N–H and O–H groups in total. The highest BCUT2D eigenvalue weighted by atomic mass is 16.8. The summed E-state index contributed by atoms with van der Waals surface area (Å²) in [6, 6.07) is 75.7. The summed E-state index contributed by atoms with van der Waals surface area (Å²) < 4.78 is 93.5. The zero-order chi connectivity index (χ0) is 71.3. The van der Waals surface area contributed by atoms with E-state index in [1.165, 1.54) is 48.5 Å². The Morgan fingerprint density at radius 3 is 1.07 bits per heavy atom. The average Bonchev–Trinajstić information content (AvgIpc) is 0.769. The van der Waals surface area contributed by atoms with Gasteiger partial charge in [-0.15, -0.1) is 0 Å². The van der Waals surface area contributed by atoms with Gasteiger partial charge in [-0.1, -0.05) is 212 Å². The predicted molar refractivity (Wildman–Crippen MR) is 370 cm³/mol. The van der Waals surface area contributed by atoms with E-state index >= 15 is 9.59 Å². The molecule has 9 aromatic rings. The second-order valence-electron chi connectivity index (χ2n) is 24.7. The van der Waals surface area contributed by atoms with Crippen LogP contribution < -0.4 is 0 Å². The number of carbonyl (C=O) groups is 5. The molecule has 0 saturated carbocycles. The summed E-state index contributed by atoms with van der Waals surface area (Å²) in [7, 11) is 0. The highest BCUT2D eigenvalue weighted by Gasteiger charge is 2.58. The SMILES string of the molecule is Cc1ccc(C(=O)O[C@H]2[C@H](O[C@@H]3[C@@H](OC(=O)c4ccccc4)[C@H](OC[C@H]4O[C@H](O)[C@H](OC(=O)c5ccccc5)[C@@H](OC(=O)c5ccccc5)[C@@H]4OC(=O)c4ccccc4)O[C@H](CO)[C@H]3OCc3ccccc3)O[C@H](COCc3ccccc3)[C@@H](OCc3ccccc3)[C@@H]2OCc2ccccc2)cc1. The molecule has 3 aliphatic heterocycles. The Hall–Kier alpha value is -10.1. The zero-order valence-corrected chi connectivity index (χ0v) is 56.2. The maximum Gasteiger partial charge on any atom is 0.338 e. The van der Waals surface area contributed by atoms with E-state index in [0.29, 0.717) is 5.56 Å². The highest BCUT2D eigenvalue weighted by molar-refractivity contribution is 5.92. The van der Waals surface area contributed by atoms with Gasteiger partial charge in [-0.3, -0.25) is 0 Å². The number of benzene rings is 9. The fraction of sp³-hybridized carbons (Fsp3) is 0.280. The van der Waals surface area contributed by atoms with Crippen LogP contribution in [-0.2, 0) is 92.7 Å². The van der Waals surface area contributed by atoms with Crippen molar-refractivity contribution in [3.05, 3.63) is 323 Å². The number of rotatable bonds is 29. The van der Waals surface area contributed by atoms with Crippen LogP contribution in [0.4, 0.5) is 0 Å². The third kappa shape index (κ3) is 19.3. The van der Waals surface area contributed by atoms with E-state index in [1.54, 1.807) is 97.1 Å². The van der Waals surface area contributed by atoms with E-state index in [1.807, 2.05) is 128 Å². The number of carbonyl (C=O) groups excluding carboxylic acids is 5. The first-order chi connectivity index (χ1) is 50.4. The van der Waals surface area contributed by atoms with Crippen LogP contribution in [0.15, 0.2) is 267 Å². The fourth-order valence-corrected chi connectivity index (χ4v) is 12.2. The molecular weight excluding hydrogens is 1320 g/mol. The van der Waals surface area contributed by atoms with E-state index in [4.69, 9.17) is 66.3 Å². The first-order valence-electron chi connectivity index (χ1n) is 33.9. The number of ether oxygens (including phenoxy) is 14. The minimum absolute atomic E-state index is 0.0349. The molecule has 3 saturated heterocycles. The van der Waals surface area contributed by atoms with Gasteiger partial charge in [0, 0.05) is 0 Å². The van der Waals surface area contributed by atoms with Gasteiger partial charge in [0.1, 0.15) is 42.7 Å². The minimum Gasteiger partial charge on any atom is -0.452 e. The van der Waals surface area contributed by atoms with Crippen molar-refractivity contribution in [2.24, 2.45) is 0 Å². The van der Waals surface area contributed by atoms with Gasteiger partial charge in [-0.2, -0.15) is 0 Å². The van der Waals surface area contributed by atoms with Crippen molar-refractivity contribution in [1.82, 2.24) is 0 Å². The van der Waals surface area contributed by atoms with Gasteiger partial charge < -0.3 is 76.5 Å². The third-order valence-electron chi connectivity index (χ3n) is 17.5. The van der Waals surface area contributed by atoms with E-state index in [9.17, 15) is 24.6 Å². The summed E-state index contributed by atoms with van der Waals surface area (Å²) in [6.07, 6.45) is -24.3. The molecule has 3 aliphatic rings. The molecule has 15 atom stereocenters. The van der Waals surface area contributed by atoms with Crippen molar-refractivity contribution in [2.75, 3.05) is 19.8 Å². The summed E-state index contributed by atoms with van der Waals surface area (Å²) in [5, 5.41) is 23.9. The average molecular weight is 1400 g/mol. The van der Waals surface area contributed by atoms with Gasteiger partial charge in [-0.05, 0) is 89.8 Å². The Morgan fingerprint density at radius 2 is 0.641 bits per heavy atom. The van der Waals surface area contributed by atoms with Gasteiger partial charge in [0.2, 0.25) is 0 Å². The molecule has 3 heterocycles. The number of esters is 5. The van der Waals surface area contributed by atoms with Crippen molar-refractivity contribution in [3.63, 3.8) is 0 Å². The van der Waals surface area contributed by atoms with Crippen LogP contribution in [0.25, 0.3) is 0 Å². The zero-order valence-electron chi connectivity index (χ0n) is 56.2. The first kappa shape index (κ1) is 72.7. The van der Waals surface area contributed by atoms with Crippen LogP contribution in [0.3, 0.4) is 0 Å². The van der Waals surface area contributed by atoms with E-state index in [0.717, 1.165) is 22.3 Å². The molecule has 3 fully saturated rings. The molecule has 0 amide bonds. The Labute approximate surface area is 595 Å². The summed E-state index contributed by atoms with van der Waals surface area (Å²) >= 11 is 0. The molecule has 103 heavy (non-hydrogen) atoms. The maximum absolute atomic E-state index is 15.0. The standard InChI is InChI=1S/C82H78O21/c1-53-42-44-62(45-43-53)79(88)101-73-69(93-50-57-32-16-5-17-33-57)67(92-49-56-30-14-4-15-31-56)64(51-90-47-54-26-10-2-11-27-54)97-82(73)103-70-66(91-48-55-28-12-3-13-29-55)63(46-83)96-81(74(70)102-78(87)61-40-24-9-25-41-61)94-52-65-68(98-75(84)58-34-18-6-19-35-58)71(99-76(85)59-36-20-7-21-37-59)72(80(89)95-65)100-77(86)60-38-22-8-23-39-60/h2-45,63-74,80-83,89H,46-52H2,1H3/t63-,64-,65-,66-,67-,68-,69+,70+,71+,72-,73-,74-,80+,81-,82+/m1/s1. The smallest absolute Gasteiger partial charge is 0.338 e. The Kier molecular flexibility index (Phi) is 25.5. The van der Waals surface area contributed by atoms with Gasteiger partial charge >= 0.3 is 29.8 Å².